The molecule has 0 saturated carbocycles. The molecule has 0 heterocycles. The number of carbonyl (C=O) groups is 2. The van der Waals surface area contributed by atoms with Crippen molar-refractivity contribution in [1.29, 1.82) is 0 Å². The van der Waals surface area contributed by atoms with Crippen LogP contribution >= 0.6 is 0 Å². The lowest BCUT2D eigenvalue weighted by Gasteiger charge is -2.23. The molecule has 0 spiro atoms. The molecule has 0 radical (unpaired) electrons. The molecule has 4 nitrogen and oxygen atoms in total. The second kappa shape index (κ2) is 10.2. The van der Waals surface area contributed by atoms with Crippen molar-refractivity contribution in [1.82, 2.24) is 5.32 Å². The lowest BCUT2D eigenvalue weighted by atomic mass is 10.1. The highest BCUT2D eigenvalue weighted by Crippen LogP contribution is 2.18. The molecule has 0 atom stereocenters. The Morgan fingerprint density at radius 2 is 1.45 bits per heavy atom. The number of amides is 2. The summed E-state index contributed by atoms with van der Waals surface area (Å²) < 4.78 is 13.7. The predicted molar refractivity (Wildman–Crippen MR) is 112 cm³/mol. The lowest BCUT2D eigenvalue weighted by Crippen LogP contribution is -2.36. The number of halogens is 1. The Hall–Kier alpha value is -3.47. The van der Waals surface area contributed by atoms with Gasteiger partial charge in [-0.25, -0.2) is 4.39 Å². The molecule has 3 aromatic carbocycles. The second-order valence-corrected chi connectivity index (χ2v) is 6.67. The highest BCUT2D eigenvalue weighted by atomic mass is 19.1. The highest BCUT2D eigenvalue weighted by Gasteiger charge is 2.19. The van der Waals surface area contributed by atoms with Gasteiger partial charge < -0.3 is 10.2 Å². The fourth-order valence-corrected chi connectivity index (χ4v) is 3.03. The predicted octanol–water partition coefficient (Wildman–Crippen LogP) is 4.11. The molecule has 2 amide bonds. The Balaban J connectivity index is 1.60. The van der Waals surface area contributed by atoms with Gasteiger partial charge >= 0.3 is 0 Å². The summed E-state index contributed by atoms with van der Waals surface area (Å²) in [4.78, 5) is 26.7. The van der Waals surface area contributed by atoms with E-state index in [-0.39, 0.29) is 30.6 Å². The van der Waals surface area contributed by atoms with Crippen molar-refractivity contribution in [3.05, 3.63) is 102 Å². The summed E-state index contributed by atoms with van der Waals surface area (Å²) in [6.07, 6.45) is 0.109. The Morgan fingerprint density at radius 1 is 0.828 bits per heavy atom. The molecule has 0 unspecified atom stereocenters. The van der Waals surface area contributed by atoms with E-state index in [4.69, 9.17) is 0 Å². The number of hydrogen-bond acceptors (Lipinski definition) is 2. The zero-order valence-corrected chi connectivity index (χ0v) is 16.1. The van der Waals surface area contributed by atoms with Gasteiger partial charge in [-0.2, -0.15) is 0 Å². The van der Waals surface area contributed by atoms with Gasteiger partial charge in [0, 0.05) is 12.2 Å². The van der Waals surface area contributed by atoms with Crippen LogP contribution < -0.4 is 10.2 Å². The first-order valence-electron chi connectivity index (χ1n) is 9.53. The van der Waals surface area contributed by atoms with Gasteiger partial charge in [-0.3, -0.25) is 9.59 Å². The molecule has 0 bridgehead atoms. The zero-order chi connectivity index (χ0) is 20.5. The van der Waals surface area contributed by atoms with Crippen LogP contribution in [0.25, 0.3) is 0 Å². The molecule has 0 aliphatic heterocycles. The molecule has 148 valence electrons. The minimum Gasteiger partial charge on any atom is -0.355 e. The fourth-order valence-electron chi connectivity index (χ4n) is 3.03. The maximum absolute atomic E-state index is 13.7. The van der Waals surface area contributed by atoms with Crippen LogP contribution in [0.4, 0.5) is 10.1 Å². The van der Waals surface area contributed by atoms with E-state index in [0.717, 1.165) is 11.3 Å². The average Bonchev–Trinajstić information content (AvgIpc) is 2.74. The van der Waals surface area contributed by atoms with Crippen LogP contribution in [0.5, 0.6) is 0 Å². The molecule has 0 aliphatic rings. The molecule has 1 N–H and O–H groups in total. The molecule has 29 heavy (non-hydrogen) atoms. The van der Waals surface area contributed by atoms with Crippen molar-refractivity contribution in [3.8, 4) is 0 Å². The monoisotopic (exact) mass is 390 g/mol. The van der Waals surface area contributed by atoms with E-state index in [9.17, 15) is 14.0 Å². The molecule has 0 aliphatic carbocycles. The Bertz CT molecular complexity index is 945. The first-order valence-corrected chi connectivity index (χ1v) is 9.53. The lowest BCUT2D eigenvalue weighted by molar-refractivity contribution is -0.128. The summed E-state index contributed by atoms with van der Waals surface area (Å²) in [6, 6.07) is 25.4. The standard InChI is InChI=1S/C24H23FN2O2/c25-22-14-8-7-11-20(22)15-16-26-23(28)17-24(29)27(21-12-5-2-6-13-21)18-19-9-3-1-4-10-19/h1-14H,15-18H2,(H,26,28). The van der Waals surface area contributed by atoms with Crippen molar-refractivity contribution in [2.24, 2.45) is 0 Å². The van der Waals surface area contributed by atoms with E-state index in [1.54, 1.807) is 23.1 Å². The van der Waals surface area contributed by atoms with Crippen LogP contribution in [0, 0.1) is 5.82 Å². The van der Waals surface area contributed by atoms with Gasteiger partial charge in [-0.1, -0.05) is 66.7 Å². The maximum Gasteiger partial charge on any atom is 0.236 e. The molecule has 0 fully saturated rings. The largest absolute Gasteiger partial charge is 0.355 e. The number of hydrogen-bond donors (Lipinski definition) is 1. The number of carbonyl (C=O) groups excluding carboxylic acids is 2. The fraction of sp³-hybridized carbons (Fsp3) is 0.167. The van der Waals surface area contributed by atoms with E-state index in [1.807, 2.05) is 60.7 Å². The first-order chi connectivity index (χ1) is 14.1. The third-order valence-electron chi connectivity index (χ3n) is 4.54. The number of nitrogens with one attached hydrogen (secondary N) is 1. The first kappa shape index (κ1) is 20.3. The quantitative estimate of drug-likeness (QED) is 0.589. The van der Waals surface area contributed by atoms with Gasteiger partial charge in [-0.15, -0.1) is 0 Å². The van der Waals surface area contributed by atoms with Gasteiger partial charge in [0.15, 0.2) is 0 Å². The number of para-hydroxylation sites is 1. The third kappa shape index (κ3) is 6.01. The maximum atomic E-state index is 13.7. The highest BCUT2D eigenvalue weighted by molar-refractivity contribution is 6.04. The van der Waals surface area contributed by atoms with Crippen LogP contribution in [0.2, 0.25) is 0 Å². The molecule has 3 aromatic rings. The van der Waals surface area contributed by atoms with E-state index >= 15 is 0 Å². The molecule has 0 saturated heterocycles. The molecule has 5 heteroatoms. The summed E-state index contributed by atoms with van der Waals surface area (Å²) in [7, 11) is 0. The van der Waals surface area contributed by atoms with Crippen molar-refractivity contribution in [2.45, 2.75) is 19.4 Å². The number of nitrogens with zero attached hydrogens (tertiary/aromatic N) is 1. The third-order valence-corrected chi connectivity index (χ3v) is 4.54. The van der Waals surface area contributed by atoms with Gasteiger partial charge in [0.1, 0.15) is 12.2 Å². The summed E-state index contributed by atoms with van der Waals surface area (Å²) in [5.41, 5.74) is 2.25. The van der Waals surface area contributed by atoms with Crippen LogP contribution in [-0.2, 0) is 22.6 Å². The van der Waals surface area contributed by atoms with E-state index in [0.29, 0.717) is 18.5 Å². The normalized spacial score (nSPS) is 10.4. The van der Waals surface area contributed by atoms with Crippen molar-refractivity contribution in [3.63, 3.8) is 0 Å². The topological polar surface area (TPSA) is 49.4 Å². The van der Waals surface area contributed by atoms with Crippen molar-refractivity contribution < 1.29 is 14.0 Å². The number of rotatable bonds is 8. The van der Waals surface area contributed by atoms with E-state index < -0.39 is 0 Å². The summed E-state index contributed by atoms with van der Waals surface area (Å²) in [6.45, 7) is 0.656. The number of anilines is 1. The molecule has 0 aromatic heterocycles. The van der Waals surface area contributed by atoms with Gasteiger partial charge in [0.05, 0.1) is 6.54 Å². The zero-order valence-electron chi connectivity index (χ0n) is 16.1. The molecular formula is C24H23FN2O2. The Morgan fingerprint density at radius 3 is 2.14 bits per heavy atom. The minimum absolute atomic E-state index is 0.265. The molecule has 3 rings (SSSR count). The van der Waals surface area contributed by atoms with Crippen LogP contribution in [0.15, 0.2) is 84.9 Å². The van der Waals surface area contributed by atoms with Crippen LogP contribution in [0.3, 0.4) is 0 Å². The molecular weight excluding hydrogens is 367 g/mol. The summed E-state index contributed by atoms with van der Waals surface area (Å²) >= 11 is 0. The van der Waals surface area contributed by atoms with Crippen LogP contribution in [0.1, 0.15) is 17.5 Å². The van der Waals surface area contributed by atoms with Crippen molar-refractivity contribution >= 4 is 17.5 Å². The summed E-state index contributed by atoms with van der Waals surface area (Å²) in [5.74, 6) is -0.959. The minimum atomic E-state index is -0.375. The SMILES string of the molecule is O=C(CC(=O)N(Cc1ccccc1)c1ccccc1)NCCc1ccccc1F. The average molecular weight is 390 g/mol. The van der Waals surface area contributed by atoms with Crippen molar-refractivity contribution in [2.75, 3.05) is 11.4 Å². The second-order valence-electron chi connectivity index (χ2n) is 6.67. The number of benzene rings is 3. The van der Waals surface area contributed by atoms with Gasteiger partial charge in [0.2, 0.25) is 11.8 Å². The Kier molecular flexibility index (Phi) is 7.11. The van der Waals surface area contributed by atoms with Gasteiger partial charge in [-0.05, 0) is 35.7 Å². The Labute approximate surface area is 170 Å². The van der Waals surface area contributed by atoms with E-state index in [2.05, 4.69) is 5.32 Å². The van der Waals surface area contributed by atoms with Gasteiger partial charge in [0.25, 0.3) is 0 Å². The van der Waals surface area contributed by atoms with E-state index in [1.165, 1.54) is 6.07 Å². The van der Waals surface area contributed by atoms with Crippen LogP contribution in [-0.4, -0.2) is 18.4 Å². The summed E-state index contributed by atoms with van der Waals surface area (Å²) in [5, 5.41) is 2.71. The smallest absolute Gasteiger partial charge is 0.236 e.